The number of amides is 3. The Morgan fingerprint density at radius 1 is 0.739 bits per heavy atom. The molecule has 0 spiro atoms. The molecule has 0 aromatic heterocycles. The van der Waals surface area contributed by atoms with Crippen molar-refractivity contribution < 1.29 is 33.3 Å². The van der Waals surface area contributed by atoms with Gasteiger partial charge in [-0.2, -0.15) is 0 Å². The number of nitrogens with zero attached hydrogens (tertiary/aromatic N) is 1. The maximum atomic E-state index is 13.2. The number of ether oxygens (including phenoxy) is 4. The lowest BCUT2D eigenvalue weighted by molar-refractivity contribution is -0.122. The largest absolute Gasteiger partial charge is 0.446 e. The van der Waals surface area contributed by atoms with Crippen LogP contribution in [0.5, 0.6) is 0 Å². The van der Waals surface area contributed by atoms with E-state index in [9.17, 15) is 14.4 Å². The predicted molar refractivity (Wildman–Crippen MR) is 175 cm³/mol. The third-order valence-electron chi connectivity index (χ3n) is 7.56. The normalized spacial score (nSPS) is 16.2. The number of hydrogen-bond donors (Lipinski definition) is 2. The van der Waals surface area contributed by atoms with Gasteiger partial charge >= 0.3 is 6.09 Å². The Morgan fingerprint density at radius 3 is 2.28 bits per heavy atom. The van der Waals surface area contributed by atoms with E-state index >= 15 is 0 Å². The summed E-state index contributed by atoms with van der Waals surface area (Å²) in [6, 6.07) is 15.4. The number of alkyl carbamates (subject to hydrolysis) is 1. The number of rotatable bonds is 16. The highest BCUT2D eigenvalue weighted by Gasteiger charge is 2.21. The molecule has 1 heterocycles. The molecular weight excluding hydrogens is 586 g/mol. The summed E-state index contributed by atoms with van der Waals surface area (Å²) < 4.78 is 21.9. The van der Waals surface area contributed by atoms with Gasteiger partial charge in [-0.3, -0.25) is 9.59 Å². The molecule has 1 atom stereocenters. The zero-order chi connectivity index (χ0) is 32.2. The molecular formula is C36H45N3O7. The van der Waals surface area contributed by atoms with Gasteiger partial charge in [-0.1, -0.05) is 54.3 Å². The first kappa shape index (κ1) is 34.7. The number of carbonyl (C=O) groups excluding carboxylic acids is 3. The fourth-order valence-corrected chi connectivity index (χ4v) is 5.11. The lowest BCUT2D eigenvalue weighted by Crippen LogP contribution is -2.35. The Kier molecular flexibility index (Phi) is 15.1. The molecule has 0 fully saturated rings. The lowest BCUT2D eigenvalue weighted by atomic mass is 10.0. The molecule has 3 amide bonds. The number of hydrogen-bond acceptors (Lipinski definition) is 7. The van der Waals surface area contributed by atoms with Crippen molar-refractivity contribution in [2.24, 2.45) is 0 Å². The van der Waals surface area contributed by atoms with Crippen molar-refractivity contribution in [3.8, 4) is 11.8 Å². The van der Waals surface area contributed by atoms with E-state index in [4.69, 9.17) is 18.9 Å². The Labute approximate surface area is 271 Å². The Balaban J connectivity index is 0.991. The number of fused-ring (bicyclic) bond motifs is 2. The summed E-state index contributed by atoms with van der Waals surface area (Å²) in [6.45, 7) is 3.20. The first-order valence-corrected chi connectivity index (χ1v) is 16.2. The number of anilines is 1. The molecule has 0 bridgehead atoms. The van der Waals surface area contributed by atoms with Crippen LogP contribution in [0.1, 0.15) is 61.6 Å². The van der Waals surface area contributed by atoms with E-state index in [-0.39, 0.29) is 43.9 Å². The van der Waals surface area contributed by atoms with Crippen LogP contribution in [-0.2, 0) is 35.1 Å². The van der Waals surface area contributed by atoms with E-state index < -0.39 is 6.09 Å². The first-order chi connectivity index (χ1) is 22.6. The zero-order valence-electron chi connectivity index (χ0n) is 26.5. The summed E-state index contributed by atoms with van der Waals surface area (Å²) in [5.74, 6) is 6.15. The van der Waals surface area contributed by atoms with E-state index in [0.29, 0.717) is 46.1 Å². The quantitative estimate of drug-likeness (QED) is 0.159. The van der Waals surface area contributed by atoms with Gasteiger partial charge in [0.05, 0.1) is 51.9 Å². The van der Waals surface area contributed by atoms with Crippen LogP contribution in [-0.4, -0.2) is 76.7 Å². The molecule has 1 aliphatic carbocycles. The molecule has 0 saturated carbocycles. The number of para-hydroxylation sites is 1. The van der Waals surface area contributed by atoms with Crippen LogP contribution in [0.15, 0.2) is 60.7 Å². The van der Waals surface area contributed by atoms with Crippen LogP contribution in [0.25, 0.3) is 0 Å². The fraction of sp³-hybridized carbons (Fsp3) is 0.472. The Morgan fingerprint density at radius 2 is 1.43 bits per heavy atom. The van der Waals surface area contributed by atoms with Gasteiger partial charge in [0.15, 0.2) is 0 Å². The Hall–Kier alpha value is -4.17. The van der Waals surface area contributed by atoms with Gasteiger partial charge in [-0.25, -0.2) is 4.79 Å². The molecule has 2 aromatic carbocycles. The van der Waals surface area contributed by atoms with Crippen LogP contribution >= 0.6 is 0 Å². The van der Waals surface area contributed by atoms with E-state index in [1.165, 1.54) is 0 Å². The van der Waals surface area contributed by atoms with E-state index in [1.807, 2.05) is 48.5 Å². The second-order valence-electron chi connectivity index (χ2n) is 11.0. The van der Waals surface area contributed by atoms with Crippen LogP contribution in [0, 0.1) is 11.8 Å². The van der Waals surface area contributed by atoms with Gasteiger partial charge in [0.25, 0.3) is 0 Å². The third kappa shape index (κ3) is 12.3. The smallest absolute Gasteiger partial charge is 0.407 e. The van der Waals surface area contributed by atoms with Crippen LogP contribution in [0.4, 0.5) is 10.5 Å². The summed E-state index contributed by atoms with van der Waals surface area (Å²) in [5, 5.41) is 5.54. The predicted octanol–water partition coefficient (Wildman–Crippen LogP) is 4.49. The minimum absolute atomic E-state index is 0.0272. The SMILES string of the molecule is O=C(CCOCCOCCOCCNC(=O)OC1CC/C=C/CCC1)NCCC(=O)N1Cc2ccccc2C#Cc2ccccc21. The maximum absolute atomic E-state index is 13.2. The van der Waals surface area contributed by atoms with Gasteiger partial charge in [0, 0.05) is 37.1 Å². The summed E-state index contributed by atoms with van der Waals surface area (Å²) in [4.78, 5) is 39.2. The first-order valence-electron chi connectivity index (χ1n) is 16.2. The van der Waals surface area contributed by atoms with Crippen molar-refractivity contribution >= 4 is 23.6 Å². The minimum atomic E-state index is -0.398. The molecule has 4 rings (SSSR count). The summed E-state index contributed by atoms with van der Waals surface area (Å²) >= 11 is 0. The number of allylic oxidation sites excluding steroid dienone is 2. The highest BCUT2D eigenvalue weighted by molar-refractivity contribution is 5.95. The number of nitrogens with one attached hydrogen (secondary N) is 2. The molecule has 2 aliphatic rings. The average Bonchev–Trinajstić information content (AvgIpc) is 3.04. The van der Waals surface area contributed by atoms with Crippen molar-refractivity contribution in [2.75, 3.05) is 57.6 Å². The molecule has 10 nitrogen and oxygen atoms in total. The zero-order valence-corrected chi connectivity index (χ0v) is 26.5. The summed E-state index contributed by atoms with van der Waals surface area (Å²) in [6.07, 6.45) is 9.04. The van der Waals surface area contributed by atoms with E-state index in [0.717, 1.165) is 54.5 Å². The summed E-state index contributed by atoms with van der Waals surface area (Å²) in [7, 11) is 0. The highest BCUT2D eigenvalue weighted by Crippen LogP contribution is 2.25. The molecule has 2 aromatic rings. The number of carbonyl (C=O) groups is 3. The van der Waals surface area contributed by atoms with Gasteiger partial charge in [0.1, 0.15) is 6.10 Å². The van der Waals surface area contributed by atoms with Crippen molar-refractivity contribution in [2.45, 2.75) is 57.6 Å². The minimum Gasteiger partial charge on any atom is -0.446 e. The second kappa shape index (κ2) is 20.1. The lowest BCUT2D eigenvalue weighted by Gasteiger charge is -2.26. The molecule has 1 unspecified atom stereocenters. The van der Waals surface area contributed by atoms with Gasteiger partial charge < -0.3 is 34.5 Å². The van der Waals surface area contributed by atoms with Gasteiger partial charge in [-0.05, 0) is 55.9 Å². The molecule has 46 heavy (non-hydrogen) atoms. The standard InChI is InChI=1S/C36H45N3O7/c40-34(19-22-43-24-26-45-27-25-44-23-21-38-36(42)46-32-13-4-2-1-3-5-14-32)37-20-18-35(41)39-28-31-12-7-6-10-29(31)16-17-30-11-8-9-15-33(30)39/h1-2,6-12,15,32H,3-5,13-14,18-28H2,(H,37,40)(H,38,42)/b2-1+. The van der Waals surface area contributed by atoms with Gasteiger partial charge in [-0.15, -0.1) is 0 Å². The average molecular weight is 632 g/mol. The van der Waals surface area contributed by atoms with Crippen LogP contribution < -0.4 is 15.5 Å². The molecule has 2 N–H and O–H groups in total. The monoisotopic (exact) mass is 631 g/mol. The second-order valence-corrected chi connectivity index (χ2v) is 11.0. The maximum Gasteiger partial charge on any atom is 0.407 e. The van der Waals surface area contributed by atoms with Crippen molar-refractivity contribution in [3.63, 3.8) is 0 Å². The molecule has 0 saturated heterocycles. The molecule has 0 radical (unpaired) electrons. The summed E-state index contributed by atoms with van der Waals surface area (Å²) in [5.41, 5.74) is 3.46. The van der Waals surface area contributed by atoms with E-state index in [1.54, 1.807) is 4.90 Å². The van der Waals surface area contributed by atoms with E-state index in [2.05, 4.69) is 34.6 Å². The number of benzene rings is 2. The molecule has 10 heteroatoms. The van der Waals surface area contributed by atoms with Crippen LogP contribution in [0.2, 0.25) is 0 Å². The van der Waals surface area contributed by atoms with Crippen molar-refractivity contribution in [1.29, 1.82) is 0 Å². The van der Waals surface area contributed by atoms with Crippen LogP contribution in [0.3, 0.4) is 0 Å². The molecule has 1 aliphatic heterocycles. The fourth-order valence-electron chi connectivity index (χ4n) is 5.11. The van der Waals surface area contributed by atoms with Crippen molar-refractivity contribution in [3.05, 3.63) is 77.4 Å². The van der Waals surface area contributed by atoms with Gasteiger partial charge in [0.2, 0.25) is 11.8 Å². The Bertz CT molecular complexity index is 1370. The highest BCUT2D eigenvalue weighted by atomic mass is 16.6. The van der Waals surface area contributed by atoms with Crippen molar-refractivity contribution in [1.82, 2.24) is 10.6 Å². The topological polar surface area (TPSA) is 115 Å². The molecule has 246 valence electrons. The third-order valence-corrected chi connectivity index (χ3v) is 7.56.